The van der Waals surface area contributed by atoms with Gasteiger partial charge in [0.15, 0.2) is 0 Å². The Morgan fingerprint density at radius 2 is 1.65 bits per heavy atom. The maximum absolute atomic E-state index is 11.5. The molecule has 0 spiro atoms. The molecule has 0 saturated carbocycles. The normalized spacial score (nSPS) is 12.6. The highest BCUT2D eigenvalue weighted by Crippen LogP contribution is 2.25. The topological polar surface area (TPSA) is 54.0 Å². The van der Waals surface area contributed by atoms with Gasteiger partial charge in [-0.05, 0) is 19.8 Å². The number of thiol groups is 2. The zero-order valence-corrected chi connectivity index (χ0v) is 13.3. The van der Waals surface area contributed by atoms with E-state index < -0.39 is 19.1 Å². The Balaban J connectivity index is 4.08. The molecule has 5 nitrogen and oxygen atoms in total. The van der Waals surface area contributed by atoms with Gasteiger partial charge in [-0.15, -0.1) is 0 Å². The zero-order valence-electron chi connectivity index (χ0n) is 10.6. The van der Waals surface area contributed by atoms with Gasteiger partial charge in [0.1, 0.15) is 0 Å². The van der Waals surface area contributed by atoms with E-state index in [1.54, 1.807) is 0 Å². The van der Waals surface area contributed by atoms with Gasteiger partial charge in [-0.25, -0.2) is 0 Å². The summed E-state index contributed by atoms with van der Waals surface area (Å²) in [6, 6.07) is 0. The molecule has 0 heterocycles. The van der Waals surface area contributed by atoms with Crippen molar-refractivity contribution in [1.29, 1.82) is 0 Å². The van der Waals surface area contributed by atoms with Crippen LogP contribution in [0.3, 0.4) is 0 Å². The number of carbonyl (C=O) groups is 1. The summed E-state index contributed by atoms with van der Waals surface area (Å²) in [7, 11) is 0.876. The Kier molecular flexibility index (Phi) is 7.77. The van der Waals surface area contributed by atoms with Crippen LogP contribution in [-0.4, -0.2) is 40.4 Å². The van der Waals surface area contributed by atoms with E-state index in [0.717, 1.165) is 0 Å². The van der Waals surface area contributed by atoms with Crippen LogP contribution >= 0.6 is 25.3 Å². The molecule has 0 unspecified atom stereocenters. The highest BCUT2D eigenvalue weighted by molar-refractivity contribution is 8.00. The lowest BCUT2D eigenvalue weighted by atomic mass is 10.2. The first-order chi connectivity index (χ1) is 7.78. The van der Waals surface area contributed by atoms with E-state index in [1.807, 2.05) is 6.92 Å². The Morgan fingerprint density at radius 1 is 1.18 bits per heavy atom. The molecule has 102 valence electrons. The summed E-state index contributed by atoms with van der Waals surface area (Å²) >= 11 is 8.49. The number of hydrogen-bond donors (Lipinski definition) is 2. The molecule has 8 heteroatoms. The average Bonchev–Trinajstić information content (AvgIpc) is 2.24. The third-order valence-electron chi connectivity index (χ3n) is 2.02. The summed E-state index contributed by atoms with van der Waals surface area (Å²) in [5.41, 5.74) is 0. The summed E-state index contributed by atoms with van der Waals surface area (Å²) in [6.07, 6.45) is 1.57. The van der Waals surface area contributed by atoms with Gasteiger partial charge in [0, 0.05) is 27.8 Å². The van der Waals surface area contributed by atoms with Crippen LogP contribution in [0.4, 0.5) is 0 Å². The lowest BCUT2D eigenvalue weighted by Crippen LogP contribution is -2.48. The van der Waals surface area contributed by atoms with Crippen molar-refractivity contribution in [2.24, 2.45) is 0 Å². The lowest BCUT2D eigenvalue weighted by molar-refractivity contribution is -0.143. The maximum Gasteiger partial charge on any atom is 0.750 e. The van der Waals surface area contributed by atoms with Crippen LogP contribution in [0, 0.1) is 0 Å². The van der Waals surface area contributed by atoms with Crippen molar-refractivity contribution >= 4 is 40.3 Å². The molecule has 0 fully saturated rings. The van der Waals surface area contributed by atoms with Crippen LogP contribution in [0.1, 0.15) is 26.2 Å². The average molecular weight is 300 g/mol. The highest BCUT2D eigenvalue weighted by Gasteiger charge is 2.46. The van der Waals surface area contributed by atoms with Crippen molar-refractivity contribution in [3.05, 3.63) is 0 Å². The molecule has 0 amide bonds. The van der Waals surface area contributed by atoms with Gasteiger partial charge in [0.2, 0.25) is 0 Å². The largest absolute Gasteiger partial charge is 0.750 e. The van der Waals surface area contributed by atoms with Gasteiger partial charge in [-0.3, -0.25) is 4.79 Å². The van der Waals surface area contributed by atoms with Crippen LogP contribution in [-0.2, 0) is 22.5 Å². The fourth-order valence-electron chi connectivity index (χ4n) is 1.13. The van der Waals surface area contributed by atoms with Gasteiger partial charge < -0.3 is 17.7 Å². The molecule has 0 aliphatic carbocycles. The molecule has 0 aromatic heterocycles. The standard InChI is InChI=1S/C9H20O5S2Si/c1-9(15,16)7-5-6-8(10)14-17(11-2,12-3)13-4/h15-16H,5-7H2,1-4H3. The highest BCUT2D eigenvalue weighted by atomic mass is 32.2. The molecule has 0 aliphatic heterocycles. The van der Waals surface area contributed by atoms with Gasteiger partial charge in [0.05, 0.1) is 4.08 Å². The smallest absolute Gasteiger partial charge is 0.452 e. The van der Waals surface area contributed by atoms with E-state index >= 15 is 0 Å². The van der Waals surface area contributed by atoms with Crippen LogP contribution in [0.15, 0.2) is 0 Å². The molecule has 17 heavy (non-hydrogen) atoms. The van der Waals surface area contributed by atoms with Crippen molar-refractivity contribution in [1.82, 2.24) is 0 Å². The predicted molar refractivity (Wildman–Crippen MR) is 73.1 cm³/mol. The first kappa shape index (κ1) is 17.3. The molecule has 0 rings (SSSR count). The minimum atomic E-state index is -3.26. The molecule has 0 bridgehead atoms. The second-order valence-corrected chi connectivity index (χ2v) is 8.41. The van der Waals surface area contributed by atoms with E-state index in [-0.39, 0.29) is 6.42 Å². The summed E-state index contributed by atoms with van der Waals surface area (Å²) in [5.74, 6) is -0.409. The lowest BCUT2D eigenvalue weighted by Gasteiger charge is -2.22. The fourth-order valence-corrected chi connectivity index (χ4v) is 2.58. The minimum Gasteiger partial charge on any atom is -0.452 e. The molecule has 0 saturated heterocycles. The molecule has 0 aromatic rings. The molecule has 0 atom stereocenters. The Morgan fingerprint density at radius 3 is 2.00 bits per heavy atom. The van der Waals surface area contributed by atoms with Gasteiger partial charge in [0.25, 0.3) is 5.97 Å². The molecular formula is C9H20O5S2Si. The molecule has 0 aliphatic rings. The summed E-state index contributed by atoms with van der Waals surface area (Å²) < 4.78 is 19.6. The Bertz CT molecular complexity index is 232. The van der Waals surface area contributed by atoms with Crippen molar-refractivity contribution in [3.63, 3.8) is 0 Å². The fraction of sp³-hybridized carbons (Fsp3) is 0.889. The summed E-state index contributed by atoms with van der Waals surface area (Å²) in [5, 5.41) is 0. The van der Waals surface area contributed by atoms with Crippen LogP contribution in [0.2, 0.25) is 0 Å². The Labute approximate surface area is 114 Å². The van der Waals surface area contributed by atoms with Crippen LogP contribution in [0.5, 0.6) is 0 Å². The quantitative estimate of drug-likeness (QED) is 0.405. The molecule has 0 N–H and O–H groups in total. The second kappa shape index (κ2) is 7.65. The predicted octanol–water partition coefficient (Wildman–Crippen LogP) is 1.65. The van der Waals surface area contributed by atoms with Crippen molar-refractivity contribution < 1.29 is 22.5 Å². The van der Waals surface area contributed by atoms with Crippen LogP contribution in [0.25, 0.3) is 0 Å². The Hall–Kier alpha value is 0.267. The maximum atomic E-state index is 11.5. The van der Waals surface area contributed by atoms with E-state index in [2.05, 4.69) is 25.3 Å². The van der Waals surface area contributed by atoms with Gasteiger partial charge in [-0.1, -0.05) is 0 Å². The first-order valence-corrected chi connectivity index (χ1v) is 7.63. The number of rotatable bonds is 8. The summed E-state index contributed by atoms with van der Waals surface area (Å²) in [6.45, 7) is 1.86. The molecule has 0 radical (unpaired) electrons. The van der Waals surface area contributed by atoms with Crippen molar-refractivity contribution in [2.75, 3.05) is 21.3 Å². The minimum absolute atomic E-state index is 0.252. The summed E-state index contributed by atoms with van der Waals surface area (Å²) in [4.78, 5) is 11.5. The third kappa shape index (κ3) is 7.32. The second-order valence-electron chi connectivity index (χ2n) is 3.66. The van der Waals surface area contributed by atoms with Gasteiger partial charge in [-0.2, -0.15) is 25.3 Å². The van der Waals surface area contributed by atoms with E-state index in [9.17, 15) is 4.79 Å². The monoisotopic (exact) mass is 300 g/mol. The number of hydrogen-bond acceptors (Lipinski definition) is 7. The van der Waals surface area contributed by atoms with E-state index in [1.165, 1.54) is 21.3 Å². The van der Waals surface area contributed by atoms with Crippen LogP contribution < -0.4 is 0 Å². The zero-order chi connectivity index (χ0) is 13.5. The third-order valence-corrected chi connectivity index (χ3v) is 4.45. The SMILES string of the molecule is CO[Si](OC)(OC)OC(=O)CCCC(C)(S)S. The molecular weight excluding hydrogens is 280 g/mol. The number of carbonyl (C=O) groups excluding carboxylic acids is 1. The first-order valence-electron chi connectivity index (χ1n) is 5.10. The molecule has 0 aromatic carbocycles. The van der Waals surface area contributed by atoms with Crippen molar-refractivity contribution in [2.45, 2.75) is 30.3 Å². The van der Waals surface area contributed by atoms with E-state index in [0.29, 0.717) is 12.8 Å². The van der Waals surface area contributed by atoms with Gasteiger partial charge >= 0.3 is 9.05 Å². The van der Waals surface area contributed by atoms with E-state index in [4.69, 9.17) is 17.7 Å². The van der Waals surface area contributed by atoms with Crippen molar-refractivity contribution in [3.8, 4) is 0 Å².